The maximum absolute atomic E-state index is 13.7. The van der Waals surface area contributed by atoms with Crippen LogP contribution in [-0.2, 0) is 9.53 Å². The number of esters is 1. The lowest BCUT2D eigenvalue weighted by Gasteiger charge is -2.15. The van der Waals surface area contributed by atoms with Crippen molar-refractivity contribution >= 4 is 34.6 Å². The van der Waals surface area contributed by atoms with Crippen LogP contribution < -0.4 is 5.43 Å². The number of ether oxygens (including phenoxy) is 1. The van der Waals surface area contributed by atoms with Gasteiger partial charge in [-0.05, 0) is 43.3 Å². The zero-order chi connectivity index (χ0) is 20.3. The van der Waals surface area contributed by atoms with Crippen LogP contribution in [0.15, 0.2) is 53.6 Å². The molecule has 28 heavy (non-hydrogen) atoms. The van der Waals surface area contributed by atoms with E-state index in [-0.39, 0.29) is 23.2 Å². The predicted octanol–water partition coefficient (Wildman–Crippen LogP) is 2.80. The fraction of sp³-hybridized carbons (Fsp3) is 0.100. The lowest BCUT2D eigenvalue weighted by molar-refractivity contribution is -0.136. The highest BCUT2D eigenvalue weighted by atomic mass is 19.1. The molecule has 7 nitrogen and oxygen atoms in total. The molecule has 0 spiro atoms. The second kappa shape index (κ2) is 7.83. The number of fused-ring (bicyclic) bond motifs is 1. The molecule has 0 saturated heterocycles. The van der Waals surface area contributed by atoms with Crippen LogP contribution in [0.4, 0.5) is 4.39 Å². The average molecular weight is 382 g/mol. The van der Waals surface area contributed by atoms with Crippen LogP contribution >= 0.6 is 0 Å². The first kappa shape index (κ1) is 19.0. The zero-order valence-corrected chi connectivity index (χ0v) is 14.8. The van der Waals surface area contributed by atoms with Gasteiger partial charge in [0.05, 0.1) is 17.8 Å². The van der Waals surface area contributed by atoms with Gasteiger partial charge in [0, 0.05) is 17.8 Å². The highest BCUT2D eigenvalue weighted by Gasteiger charge is 2.21. The molecule has 3 rings (SSSR count). The summed E-state index contributed by atoms with van der Waals surface area (Å²) in [6.07, 6.45) is 3.95. The smallest absolute Gasteiger partial charge is 0.355 e. The highest BCUT2D eigenvalue weighted by Crippen LogP contribution is 2.21. The molecular weight excluding hydrogens is 367 g/mol. The molecule has 0 radical (unpaired) electrons. The van der Waals surface area contributed by atoms with Crippen LogP contribution in [-0.4, -0.2) is 33.2 Å². The Morgan fingerprint density at radius 2 is 2.07 bits per heavy atom. The first-order chi connectivity index (χ1) is 13.4. The molecule has 1 N–H and O–H groups in total. The minimum atomic E-state index is -1.49. The number of halogens is 1. The van der Waals surface area contributed by atoms with Crippen molar-refractivity contribution in [2.75, 3.05) is 6.61 Å². The summed E-state index contributed by atoms with van der Waals surface area (Å²) in [4.78, 5) is 40.7. The molecule has 0 atom stereocenters. The second-order valence-electron chi connectivity index (χ2n) is 5.71. The largest absolute Gasteiger partial charge is 0.477 e. The Morgan fingerprint density at radius 3 is 2.71 bits per heavy atom. The summed E-state index contributed by atoms with van der Waals surface area (Å²) in [5.74, 6) is -2.95. The van der Waals surface area contributed by atoms with Crippen molar-refractivity contribution in [2.45, 2.75) is 6.92 Å². The van der Waals surface area contributed by atoms with Crippen LogP contribution in [0.3, 0.4) is 0 Å². The van der Waals surface area contributed by atoms with Crippen LogP contribution in [0.1, 0.15) is 23.0 Å². The third-order valence-electron chi connectivity index (χ3n) is 3.91. The summed E-state index contributed by atoms with van der Waals surface area (Å²) in [5, 5.41) is 9.21. The lowest BCUT2D eigenvalue weighted by Crippen LogP contribution is -2.21. The second-order valence-corrected chi connectivity index (χ2v) is 5.71. The molecule has 0 aliphatic carbocycles. The van der Waals surface area contributed by atoms with Crippen molar-refractivity contribution in [2.24, 2.45) is 0 Å². The number of benzene rings is 1. The summed E-state index contributed by atoms with van der Waals surface area (Å²) in [7, 11) is 0. The molecule has 2 heterocycles. The van der Waals surface area contributed by atoms with E-state index in [1.54, 1.807) is 25.1 Å². The molecule has 142 valence electrons. The van der Waals surface area contributed by atoms with Gasteiger partial charge in [0.1, 0.15) is 17.1 Å². The van der Waals surface area contributed by atoms with E-state index in [0.29, 0.717) is 5.69 Å². The van der Waals surface area contributed by atoms with Gasteiger partial charge in [0.2, 0.25) is 5.43 Å². The van der Waals surface area contributed by atoms with Crippen molar-refractivity contribution in [3.63, 3.8) is 0 Å². The van der Waals surface area contributed by atoms with Gasteiger partial charge in [-0.1, -0.05) is 6.07 Å². The van der Waals surface area contributed by atoms with E-state index in [9.17, 15) is 23.9 Å². The molecule has 0 aliphatic heterocycles. The minimum Gasteiger partial charge on any atom is -0.477 e. The molecule has 1 aromatic carbocycles. The fourth-order valence-electron chi connectivity index (χ4n) is 2.69. The minimum absolute atomic E-state index is 0.0698. The molecule has 0 amide bonds. The van der Waals surface area contributed by atoms with Crippen LogP contribution in [0, 0.1) is 5.82 Å². The van der Waals surface area contributed by atoms with Gasteiger partial charge in [0.25, 0.3) is 0 Å². The Bertz CT molecular complexity index is 1150. The Hall–Kier alpha value is -3.81. The Morgan fingerprint density at radius 1 is 1.29 bits per heavy atom. The van der Waals surface area contributed by atoms with Crippen LogP contribution in [0.2, 0.25) is 0 Å². The summed E-state index contributed by atoms with van der Waals surface area (Å²) < 4.78 is 20.0. The number of nitrogens with zero attached hydrogens (tertiary/aromatic N) is 2. The average Bonchev–Trinajstić information content (AvgIpc) is 2.68. The molecule has 0 saturated carbocycles. The number of rotatable bonds is 5. The molecule has 2 aromatic heterocycles. The van der Waals surface area contributed by atoms with E-state index in [0.717, 1.165) is 18.3 Å². The summed E-state index contributed by atoms with van der Waals surface area (Å²) >= 11 is 0. The number of hydrogen-bond acceptors (Lipinski definition) is 5. The number of hydrogen-bond donors (Lipinski definition) is 1. The quantitative estimate of drug-likeness (QED) is 0.538. The maximum atomic E-state index is 13.7. The Balaban J connectivity index is 2.38. The Kier molecular flexibility index (Phi) is 5.30. The number of carbonyl (C=O) groups excluding carboxylic acids is 1. The number of aromatic carboxylic acids is 1. The molecule has 0 fully saturated rings. The summed E-state index contributed by atoms with van der Waals surface area (Å²) in [6, 6.07) is 8.39. The number of pyridine rings is 2. The number of carbonyl (C=O) groups is 2. The number of carboxylic acids is 1. The predicted molar refractivity (Wildman–Crippen MR) is 100 cm³/mol. The number of aromatic nitrogens is 2. The number of carboxylic acid groups (broad SMARTS) is 1. The molecule has 0 bridgehead atoms. The Labute approximate surface area is 158 Å². The van der Waals surface area contributed by atoms with Gasteiger partial charge >= 0.3 is 11.9 Å². The van der Waals surface area contributed by atoms with Gasteiger partial charge in [-0.25, -0.2) is 14.0 Å². The molecular formula is C20H15FN2O5. The standard InChI is InChI=1S/C20H15FN2O5/c1-2-28-20(27)17(10-13-5-3-4-8-22-13)23-11-15(19(25)26)18(24)14-9-12(21)6-7-16(14)23/h3-11H,2H2,1H3,(H,25,26)/b17-10-. The topological polar surface area (TPSA) is 98.5 Å². The fourth-order valence-corrected chi connectivity index (χ4v) is 2.69. The molecule has 8 heteroatoms. The maximum Gasteiger partial charge on any atom is 0.355 e. The third kappa shape index (κ3) is 3.66. The van der Waals surface area contributed by atoms with Crippen LogP contribution in [0.25, 0.3) is 22.7 Å². The van der Waals surface area contributed by atoms with Crippen molar-refractivity contribution < 1.29 is 23.8 Å². The van der Waals surface area contributed by atoms with Crippen LogP contribution in [0.5, 0.6) is 0 Å². The van der Waals surface area contributed by atoms with Crippen molar-refractivity contribution in [3.05, 3.63) is 76.1 Å². The summed E-state index contributed by atoms with van der Waals surface area (Å²) in [5.41, 5.74) is -0.948. The highest BCUT2D eigenvalue weighted by molar-refractivity contribution is 6.17. The van der Waals surface area contributed by atoms with Gasteiger partial charge in [-0.3, -0.25) is 9.78 Å². The zero-order valence-electron chi connectivity index (χ0n) is 14.8. The van der Waals surface area contributed by atoms with E-state index in [2.05, 4.69) is 4.98 Å². The van der Waals surface area contributed by atoms with E-state index in [1.165, 1.54) is 22.9 Å². The van der Waals surface area contributed by atoms with E-state index in [1.807, 2.05) is 0 Å². The van der Waals surface area contributed by atoms with Crippen molar-refractivity contribution in [3.8, 4) is 0 Å². The normalized spacial score (nSPS) is 11.4. The van der Waals surface area contributed by atoms with Gasteiger partial charge in [0.15, 0.2) is 0 Å². The van der Waals surface area contributed by atoms with Crippen molar-refractivity contribution in [1.82, 2.24) is 9.55 Å². The SMILES string of the molecule is CCOC(=O)/C(=C/c1ccccn1)n1cc(C(=O)O)c(=O)c2cc(F)ccc21. The summed E-state index contributed by atoms with van der Waals surface area (Å²) in [6.45, 7) is 1.70. The molecule has 0 unspecified atom stereocenters. The van der Waals surface area contributed by atoms with Crippen molar-refractivity contribution in [1.29, 1.82) is 0 Å². The molecule has 0 aliphatic rings. The molecule has 3 aromatic rings. The van der Waals surface area contributed by atoms with E-state index >= 15 is 0 Å². The monoisotopic (exact) mass is 382 g/mol. The lowest BCUT2D eigenvalue weighted by atomic mass is 10.1. The van der Waals surface area contributed by atoms with E-state index in [4.69, 9.17) is 4.74 Å². The first-order valence-corrected chi connectivity index (χ1v) is 8.30. The van der Waals surface area contributed by atoms with Gasteiger partial charge in [-0.2, -0.15) is 0 Å². The van der Waals surface area contributed by atoms with E-state index < -0.39 is 28.7 Å². The first-order valence-electron chi connectivity index (χ1n) is 8.30. The third-order valence-corrected chi connectivity index (χ3v) is 3.91. The van der Waals surface area contributed by atoms with Gasteiger partial charge < -0.3 is 14.4 Å². The van der Waals surface area contributed by atoms with Gasteiger partial charge in [-0.15, -0.1) is 0 Å².